The molecule has 1 atom stereocenters. The van der Waals surface area contributed by atoms with Crippen molar-refractivity contribution in [1.82, 2.24) is 0 Å². The van der Waals surface area contributed by atoms with Crippen LogP contribution in [0.1, 0.15) is 17.3 Å². The predicted molar refractivity (Wildman–Crippen MR) is 57.9 cm³/mol. The Bertz CT molecular complexity index is 468. The Balaban J connectivity index is 0.00000225. The molecule has 1 rings (SSSR count). The van der Waals surface area contributed by atoms with Crippen molar-refractivity contribution in [2.75, 3.05) is 0 Å². The molecule has 0 radical (unpaired) electrons. The maximum absolute atomic E-state index is 11.7. The van der Waals surface area contributed by atoms with Crippen molar-refractivity contribution >= 4 is 28.5 Å². The van der Waals surface area contributed by atoms with E-state index >= 15 is 0 Å². The molecule has 4 nitrogen and oxygen atoms in total. The molecule has 0 bridgehead atoms. The number of hydrogen-bond donors (Lipinski definition) is 1. The van der Waals surface area contributed by atoms with Crippen LogP contribution in [0.15, 0.2) is 30.3 Å². The van der Waals surface area contributed by atoms with Crippen LogP contribution in [0.2, 0.25) is 0 Å². The molecule has 0 N–H and O–H groups in total. The maximum Gasteiger partial charge on any atom is 1.00 e. The molecule has 1 aromatic carbocycles. The molecule has 0 aliphatic heterocycles. The molecule has 0 aromatic heterocycles. The van der Waals surface area contributed by atoms with Gasteiger partial charge >= 0.3 is 29.6 Å². The summed E-state index contributed by atoms with van der Waals surface area (Å²) in [6.07, 6.45) is 0. The SMILES string of the molecule is CC(S)(C(=O)c1ccccc1)S(=O)(=O)[O-].[Na+]. The van der Waals surface area contributed by atoms with Crippen LogP contribution in [0.3, 0.4) is 0 Å². The van der Waals surface area contributed by atoms with Gasteiger partial charge in [0, 0.05) is 5.56 Å². The first kappa shape index (κ1) is 16.1. The van der Waals surface area contributed by atoms with Crippen LogP contribution in [-0.2, 0) is 10.1 Å². The monoisotopic (exact) mass is 268 g/mol. The van der Waals surface area contributed by atoms with E-state index in [9.17, 15) is 17.8 Å². The normalized spacial score (nSPS) is 14.7. The van der Waals surface area contributed by atoms with Crippen molar-refractivity contribution in [1.29, 1.82) is 0 Å². The third-order valence-electron chi connectivity index (χ3n) is 1.94. The smallest absolute Gasteiger partial charge is 0.747 e. The number of thiol groups is 1. The molecule has 0 fully saturated rings. The fourth-order valence-electron chi connectivity index (χ4n) is 0.971. The summed E-state index contributed by atoms with van der Waals surface area (Å²) in [5, 5.41) is 0. The molecular weight excluding hydrogens is 259 g/mol. The molecule has 0 saturated carbocycles. The summed E-state index contributed by atoms with van der Waals surface area (Å²) < 4.78 is 30.2. The molecule has 16 heavy (non-hydrogen) atoms. The summed E-state index contributed by atoms with van der Waals surface area (Å²) in [5.41, 5.74) is 0.148. The van der Waals surface area contributed by atoms with Crippen molar-refractivity contribution in [2.45, 2.75) is 11.0 Å². The van der Waals surface area contributed by atoms with Gasteiger partial charge in [0.05, 0.1) is 0 Å². The quantitative estimate of drug-likeness (QED) is 0.300. The number of carbonyl (C=O) groups is 1. The minimum atomic E-state index is -4.79. The molecule has 0 heterocycles. The minimum Gasteiger partial charge on any atom is -0.747 e. The van der Waals surface area contributed by atoms with E-state index in [2.05, 4.69) is 12.6 Å². The predicted octanol–water partition coefficient (Wildman–Crippen LogP) is -1.94. The van der Waals surface area contributed by atoms with Gasteiger partial charge in [0.2, 0.25) is 0 Å². The Hall–Kier alpha value is 0.150. The minimum absolute atomic E-state index is 0. The number of Topliss-reactive ketones (excluding diaryl/α,β-unsaturated/α-hetero) is 1. The van der Waals surface area contributed by atoms with Crippen molar-refractivity contribution in [3.05, 3.63) is 35.9 Å². The van der Waals surface area contributed by atoms with E-state index in [0.717, 1.165) is 6.92 Å². The number of carbonyl (C=O) groups excluding carboxylic acids is 1. The fourth-order valence-corrected chi connectivity index (χ4v) is 1.44. The zero-order valence-corrected chi connectivity index (χ0v) is 12.6. The Kier molecular flexibility index (Phi) is 5.71. The van der Waals surface area contributed by atoms with Gasteiger partial charge in [0.1, 0.15) is 10.1 Å². The van der Waals surface area contributed by atoms with Gasteiger partial charge in [-0.3, -0.25) is 4.79 Å². The van der Waals surface area contributed by atoms with Crippen LogP contribution in [0.25, 0.3) is 0 Å². The van der Waals surface area contributed by atoms with Crippen molar-refractivity contribution < 1.29 is 47.3 Å². The fraction of sp³-hybridized carbons (Fsp3) is 0.222. The van der Waals surface area contributed by atoms with E-state index in [1.807, 2.05) is 0 Å². The number of hydrogen-bond acceptors (Lipinski definition) is 5. The van der Waals surface area contributed by atoms with Crippen LogP contribution in [-0.4, -0.2) is 22.8 Å². The third kappa shape index (κ3) is 3.32. The van der Waals surface area contributed by atoms with Gasteiger partial charge in [-0.2, -0.15) is 0 Å². The average molecular weight is 268 g/mol. The average Bonchev–Trinajstić information content (AvgIpc) is 2.16. The second-order valence-electron chi connectivity index (χ2n) is 3.13. The first-order chi connectivity index (χ1) is 6.77. The summed E-state index contributed by atoms with van der Waals surface area (Å²) in [4.78, 5) is 11.7. The van der Waals surface area contributed by atoms with E-state index in [1.54, 1.807) is 18.2 Å². The Labute approximate surface area is 122 Å². The summed E-state index contributed by atoms with van der Waals surface area (Å²) in [5.74, 6) is -0.818. The van der Waals surface area contributed by atoms with Crippen LogP contribution in [0.5, 0.6) is 0 Å². The summed E-state index contributed by atoms with van der Waals surface area (Å²) in [6, 6.07) is 7.70. The first-order valence-electron chi connectivity index (χ1n) is 4.04. The molecule has 82 valence electrons. The molecule has 0 saturated heterocycles. The van der Waals surface area contributed by atoms with Gasteiger partial charge in [-0.1, -0.05) is 30.3 Å². The van der Waals surface area contributed by atoms with E-state index in [0.29, 0.717) is 0 Å². The van der Waals surface area contributed by atoms with E-state index in [1.165, 1.54) is 12.1 Å². The van der Waals surface area contributed by atoms with Crippen LogP contribution in [0.4, 0.5) is 0 Å². The van der Waals surface area contributed by atoms with E-state index in [4.69, 9.17) is 0 Å². The van der Waals surface area contributed by atoms with Crippen LogP contribution in [0, 0.1) is 0 Å². The van der Waals surface area contributed by atoms with Crippen LogP contribution >= 0.6 is 12.6 Å². The molecule has 0 amide bonds. The zero-order valence-electron chi connectivity index (χ0n) is 8.88. The molecule has 0 spiro atoms. The molecular formula is C9H9NaO4S2. The Morgan fingerprint density at radius 3 is 2.12 bits per heavy atom. The first-order valence-corrected chi connectivity index (χ1v) is 5.90. The van der Waals surface area contributed by atoms with Gasteiger partial charge < -0.3 is 4.55 Å². The van der Waals surface area contributed by atoms with Crippen molar-refractivity contribution in [2.24, 2.45) is 0 Å². The molecule has 0 aliphatic rings. The Morgan fingerprint density at radius 1 is 1.31 bits per heavy atom. The van der Waals surface area contributed by atoms with Crippen LogP contribution < -0.4 is 29.6 Å². The Morgan fingerprint density at radius 2 is 1.75 bits per heavy atom. The zero-order chi connectivity index (χ0) is 11.7. The number of benzene rings is 1. The number of rotatable bonds is 3. The van der Waals surface area contributed by atoms with E-state index < -0.39 is 20.0 Å². The van der Waals surface area contributed by atoms with Gasteiger partial charge in [-0.05, 0) is 6.92 Å². The van der Waals surface area contributed by atoms with Gasteiger partial charge in [0.15, 0.2) is 9.86 Å². The topological polar surface area (TPSA) is 74.3 Å². The summed E-state index contributed by atoms with van der Waals surface area (Å²) >= 11 is 3.62. The van der Waals surface area contributed by atoms with Gasteiger partial charge in [-0.15, -0.1) is 12.6 Å². The second-order valence-corrected chi connectivity index (χ2v) is 6.05. The standard InChI is InChI=1S/C9H10O4S2.Na/c1-9(14,15(11,12)13)8(10)7-5-3-2-4-6-7;/h2-6,14H,1H3,(H,11,12,13);/q;+1/p-1. The molecule has 1 unspecified atom stereocenters. The van der Waals surface area contributed by atoms with Crippen molar-refractivity contribution in [3.63, 3.8) is 0 Å². The number of ketones is 1. The summed E-state index contributed by atoms with van der Waals surface area (Å²) in [7, 11) is -4.79. The van der Waals surface area contributed by atoms with Gasteiger partial charge in [0.25, 0.3) is 0 Å². The third-order valence-corrected chi connectivity index (χ3v) is 3.98. The second kappa shape index (κ2) is 5.66. The maximum atomic E-state index is 11.7. The molecule has 1 aromatic rings. The molecule has 7 heteroatoms. The largest absolute Gasteiger partial charge is 1.00 e. The van der Waals surface area contributed by atoms with Crippen molar-refractivity contribution in [3.8, 4) is 0 Å². The summed E-state index contributed by atoms with van der Waals surface area (Å²) in [6.45, 7) is 0.980. The van der Waals surface area contributed by atoms with Gasteiger partial charge in [-0.25, -0.2) is 8.42 Å². The molecule has 0 aliphatic carbocycles. The van der Waals surface area contributed by atoms with E-state index in [-0.39, 0.29) is 35.1 Å².